The molecule has 0 aromatic carbocycles. The van der Waals surface area contributed by atoms with Crippen LogP contribution in [0.15, 0.2) is 0 Å². The molecule has 13 heavy (non-hydrogen) atoms. The van der Waals surface area contributed by atoms with E-state index in [2.05, 4.69) is 19.2 Å². The number of ether oxygens (including phenoxy) is 1. The van der Waals surface area contributed by atoms with Gasteiger partial charge >= 0.3 is 0 Å². The molecule has 3 heteroatoms. The monoisotopic (exact) mass is 187 g/mol. The third-order valence-electron chi connectivity index (χ3n) is 2.94. The van der Waals surface area contributed by atoms with Crippen LogP contribution in [0.4, 0.5) is 0 Å². The fourth-order valence-corrected chi connectivity index (χ4v) is 1.78. The van der Waals surface area contributed by atoms with Crippen LogP contribution in [0.25, 0.3) is 0 Å². The van der Waals surface area contributed by atoms with E-state index in [-0.39, 0.29) is 12.1 Å². The molecule has 1 saturated heterocycles. The van der Waals surface area contributed by atoms with E-state index in [1.54, 1.807) is 0 Å². The number of aliphatic hydroxyl groups is 1. The molecule has 0 aliphatic carbocycles. The summed E-state index contributed by atoms with van der Waals surface area (Å²) < 4.78 is 5.33. The van der Waals surface area contributed by atoms with Gasteiger partial charge in [-0.2, -0.15) is 0 Å². The van der Waals surface area contributed by atoms with Crippen LogP contribution in [0, 0.1) is 5.92 Å². The molecule has 78 valence electrons. The second kappa shape index (κ2) is 4.94. The molecule has 1 fully saturated rings. The van der Waals surface area contributed by atoms with Crippen molar-refractivity contribution in [2.45, 2.75) is 32.2 Å². The molecule has 1 rings (SSSR count). The Morgan fingerprint density at radius 1 is 1.62 bits per heavy atom. The third-order valence-corrected chi connectivity index (χ3v) is 2.94. The molecule has 0 spiro atoms. The summed E-state index contributed by atoms with van der Waals surface area (Å²) >= 11 is 0. The van der Waals surface area contributed by atoms with E-state index < -0.39 is 0 Å². The Labute approximate surface area is 80.5 Å². The van der Waals surface area contributed by atoms with Crippen molar-refractivity contribution in [2.24, 2.45) is 5.92 Å². The fourth-order valence-electron chi connectivity index (χ4n) is 1.78. The molecule has 2 N–H and O–H groups in total. The van der Waals surface area contributed by atoms with E-state index in [9.17, 15) is 5.11 Å². The Kier molecular flexibility index (Phi) is 4.16. The molecule has 3 nitrogen and oxygen atoms in total. The van der Waals surface area contributed by atoms with Crippen LogP contribution in [0.5, 0.6) is 0 Å². The Morgan fingerprint density at radius 3 is 2.85 bits per heavy atom. The normalized spacial score (nSPS) is 27.5. The van der Waals surface area contributed by atoms with Gasteiger partial charge in [0.05, 0.1) is 13.2 Å². The van der Waals surface area contributed by atoms with Crippen molar-refractivity contribution in [2.75, 3.05) is 26.4 Å². The molecule has 0 saturated carbocycles. The Balaban J connectivity index is 2.45. The quantitative estimate of drug-likeness (QED) is 0.668. The van der Waals surface area contributed by atoms with E-state index in [0.717, 1.165) is 32.6 Å². The predicted molar refractivity (Wildman–Crippen MR) is 52.7 cm³/mol. The second-order valence-corrected chi connectivity index (χ2v) is 4.06. The highest BCUT2D eigenvalue weighted by atomic mass is 16.5. The van der Waals surface area contributed by atoms with Gasteiger partial charge in [-0.15, -0.1) is 0 Å². The summed E-state index contributed by atoms with van der Waals surface area (Å²) in [6.45, 7) is 7.01. The molecule has 0 amide bonds. The maximum Gasteiger partial charge on any atom is 0.0614 e. The maximum absolute atomic E-state index is 9.35. The minimum atomic E-state index is -0.146. The summed E-state index contributed by atoms with van der Waals surface area (Å²) in [6.07, 6.45) is 2.16. The van der Waals surface area contributed by atoms with Gasteiger partial charge in [-0.3, -0.25) is 0 Å². The molecule has 1 heterocycles. The molecular weight excluding hydrogens is 166 g/mol. The molecule has 0 aromatic heterocycles. The first-order chi connectivity index (χ1) is 6.23. The zero-order valence-electron chi connectivity index (χ0n) is 8.68. The largest absolute Gasteiger partial charge is 0.394 e. The summed E-state index contributed by atoms with van der Waals surface area (Å²) in [4.78, 5) is 0. The average molecular weight is 187 g/mol. The van der Waals surface area contributed by atoms with Gasteiger partial charge < -0.3 is 15.2 Å². The molecule has 1 aliphatic heterocycles. The van der Waals surface area contributed by atoms with Crippen LogP contribution in [-0.2, 0) is 4.74 Å². The van der Waals surface area contributed by atoms with Crippen LogP contribution in [0.1, 0.15) is 26.7 Å². The van der Waals surface area contributed by atoms with E-state index in [4.69, 9.17) is 4.74 Å². The van der Waals surface area contributed by atoms with Gasteiger partial charge in [-0.25, -0.2) is 0 Å². The SMILES string of the molecule is CCCNC(C)(CO)C1CCOC1. The van der Waals surface area contributed by atoms with Gasteiger partial charge in [0.2, 0.25) is 0 Å². The van der Waals surface area contributed by atoms with E-state index in [1.807, 2.05) is 0 Å². The number of nitrogens with one attached hydrogen (secondary N) is 1. The lowest BCUT2D eigenvalue weighted by molar-refractivity contribution is 0.100. The van der Waals surface area contributed by atoms with Gasteiger partial charge in [0.25, 0.3) is 0 Å². The van der Waals surface area contributed by atoms with Crippen molar-refractivity contribution >= 4 is 0 Å². The topological polar surface area (TPSA) is 41.5 Å². The van der Waals surface area contributed by atoms with Crippen molar-refractivity contribution in [1.82, 2.24) is 5.32 Å². The zero-order chi connectivity index (χ0) is 9.73. The first kappa shape index (κ1) is 11.0. The zero-order valence-corrected chi connectivity index (χ0v) is 8.68. The number of hydrogen-bond donors (Lipinski definition) is 2. The number of aliphatic hydroxyl groups excluding tert-OH is 1. The lowest BCUT2D eigenvalue weighted by atomic mass is 9.85. The first-order valence-corrected chi connectivity index (χ1v) is 5.16. The van der Waals surface area contributed by atoms with Crippen LogP contribution in [-0.4, -0.2) is 37.0 Å². The van der Waals surface area contributed by atoms with Crippen molar-refractivity contribution < 1.29 is 9.84 Å². The maximum atomic E-state index is 9.35. The van der Waals surface area contributed by atoms with Crippen molar-refractivity contribution in [3.63, 3.8) is 0 Å². The van der Waals surface area contributed by atoms with Crippen LogP contribution >= 0.6 is 0 Å². The Morgan fingerprint density at radius 2 is 2.38 bits per heavy atom. The molecule has 0 bridgehead atoms. The van der Waals surface area contributed by atoms with E-state index in [1.165, 1.54) is 0 Å². The van der Waals surface area contributed by atoms with Crippen LogP contribution in [0.2, 0.25) is 0 Å². The van der Waals surface area contributed by atoms with Gasteiger partial charge in [-0.1, -0.05) is 6.92 Å². The van der Waals surface area contributed by atoms with Gasteiger partial charge in [-0.05, 0) is 26.3 Å². The van der Waals surface area contributed by atoms with Crippen molar-refractivity contribution in [3.05, 3.63) is 0 Å². The standard InChI is InChI=1S/C10H21NO2/c1-3-5-11-10(2,8-12)9-4-6-13-7-9/h9,11-12H,3-8H2,1-2H3. The van der Waals surface area contributed by atoms with Crippen LogP contribution < -0.4 is 5.32 Å². The molecule has 1 aliphatic rings. The summed E-state index contributed by atoms with van der Waals surface area (Å²) in [5.74, 6) is 0.462. The van der Waals surface area contributed by atoms with Gasteiger partial charge in [0.1, 0.15) is 0 Å². The lowest BCUT2D eigenvalue weighted by Gasteiger charge is -2.34. The van der Waals surface area contributed by atoms with Crippen LogP contribution in [0.3, 0.4) is 0 Å². The molecule has 2 atom stereocenters. The third kappa shape index (κ3) is 2.66. The summed E-state index contributed by atoms with van der Waals surface area (Å²) in [5.41, 5.74) is -0.146. The summed E-state index contributed by atoms with van der Waals surface area (Å²) in [7, 11) is 0. The summed E-state index contributed by atoms with van der Waals surface area (Å²) in [5, 5.41) is 12.8. The van der Waals surface area contributed by atoms with E-state index >= 15 is 0 Å². The Hall–Kier alpha value is -0.120. The number of rotatable bonds is 5. The fraction of sp³-hybridized carbons (Fsp3) is 1.00. The predicted octanol–water partition coefficient (Wildman–Crippen LogP) is 0.773. The minimum Gasteiger partial charge on any atom is -0.394 e. The Bertz CT molecular complexity index is 146. The smallest absolute Gasteiger partial charge is 0.0614 e. The highest BCUT2D eigenvalue weighted by molar-refractivity contribution is 4.91. The molecule has 0 aromatic rings. The van der Waals surface area contributed by atoms with E-state index in [0.29, 0.717) is 5.92 Å². The highest BCUT2D eigenvalue weighted by Gasteiger charge is 2.35. The highest BCUT2D eigenvalue weighted by Crippen LogP contribution is 2.25. The van der Waals surface area contributed by atoms with Crippen molar-refractivity contribution in [1.29, 1.82) is 0 Å². The van der Waals surface area contributed by atoms with Crippen molar-refractivity contribution in [3.8, 4) is 0 Å². The molecule has 0 radical (unpaired) electrons. The minimum absolute atomic E-state index is 0.146. The average Bonchev–Trinajstić information content (AvgIpc) is 2.67. The molecular formula is C10H21NO2. The first-order valence-electron chi connectivity index (χ1n) is 5.16. The summed E-state index contributed by atoms with van der Waals surface area (Å²) in [6, 6.07) is 0. The van der Waals surface area contributed by atoms with Gasteiger partial charge in [0, 0.05) is 18.1 Å². The number of hydrogen-bond acceptors (Lipinski definition) is 3. The van der Waals surface area contributed by atoms with Gasteiger partial charge in [0.15, 0.2) is 0 Å². The molecule has 2 unspecified atom stereocenters. The lowest BCUT2D eigenvalue weighted by Crippen LogP contribution is -2.52. The second-order valence-electron chi connectivity index (χ2n) is 4.06.